The Hall–Kier alpha value is -0.670. The standard InChI is InChI=1S/C10H19NO6S2/c1-3-17-10(12)9-5-4-6-11(9)19(15,16)8-7-18(2,13)14/h9H,3-8H2,1-2H3. The van der Waals surface area contributed by atoms with Crippen LogP contribution in [-0.4, -0.2) is 64.1 Å². The monoisotopic (exact) mass is 313 g/mol. The third-order valence-corrected chi connectivity index (χ3v) is 5.91. The van der Waals surface area contributed by atoms with Gasteiger partial charge in [-0.1, -0.05) is 0 Å². The molecule has 0 aromatic carbocycles. The molecule has 1 heterocycles. The Bertz CT molecular complexity index is 524. The Labute approximate surface area is 113 Å². The van der Waals surface area contributed by atoms with Gasteiger partial charge in [-0.3, -0.25) is 4.79 Å². The van der Waals surface area contributed by atoms with Crippen LogP contribution in [0.15, 0.2) is 0 Å². The van der Waals surface area contributed by atoms with Gasteiger partial charge < -0.3 is 4.74 Å². The van der Waals surface area contributed by atoms with Gasteiger partial charge in [0.05, 0.1) is 18.1 Å². The molecule has 9 heteroatoms. The summed E-state index contributed by atoms with van der Waals surface area (Å²) in [5.41, 5.74) is 0. The van der Waals surface area contributed by atoms with Crippen molar-refractivity contribution in [3.63, 3.8) is 0 Å². The predicted molar refractivity (Wildman–Crippen MR) is 69.9 cm³/mol. The molecule has 1 aliphatic rings. The zero-order chi connectivity index (χ0) is 14.7. The molecule has 19 heavy (non-hydrogen) atoms. The van der Waals surface area contributed by atoms with Gasteiger partial charge in [0, 0.05) is 12.8 Å². The zero-order valence-corrected chi connectivity index (χ0v) is 12.7. The molecule has 0 aromatic rings. The van der Waals surface area contributed by atoms with Crippen LogP contribution in [0.1, 0.15) is 19.8 Å². The molecule has 1 aliphatic heterocycles. The molecule has 1 atom stereocenters. The van der Waals surface area contributed by atoms with E-state index in [1.807, 2.05) is 0 Å². The molecule has 7 nitrogen and oxygen atoms in total. The topological polar surface area (TPSA) is 97.8 Å². The van der Waals surface area contributed by atoms with Gasteiger partial charge in [-0.05, 0) is 19.8 Å². The van der Waals surface area contributed by atoms with Crippen LogP contribution in [0.2, 0.25) is 0 Å². The fourth-order valence-electron chi connectivity index (χ4n) is 1.92. The second-order valence-corrected chi connectivity index (χ2v) is 8.77. The smallest absolute Gasteiger partial charge is 0.324 e. The number of carbonyl (C=O) groups excluding carboxylic acids is 1. The number of sulfone groups is 1. The lowest BCUT2D eigenvalue weighted by Crippen LogP contribution is -2.43. The first-order valence-corrected chi connectivity index (χ1v) is 9.68. The Morgan fingerprint density at radius 3 is 2.42 bits per heavy atom. The number of rotatable bonds is 6. The van der Waals surface area contributed by atoms with E-state index in [1.165, 1.54) is 0 Å². The van der Waals surface area contributed by atoms with Crippen LogP contribution in [0.25, 0.3) is 0 Å². The van der Waals surface area contributed by atoms with Crippen molar-refractivity contribution >= 4 is 25.8 Å². The lowest BCUT2D eigenvalue weighted by molar-refractivity contribution is -0.146. The van der Waals surface area contributed by atoms with E-state index in [0.29, 0.717) is 12.8 Å². The highest BCUT2D eigenvalue weighted by Crippen LogP contribution is 2.22. The number of carbonyl (C=O) groups is 1. The SMILES string of the molecule is CCOC(=O)C1CCCN1S(=O)(=O)CCS(C)(=O)=O. The fourth-order valence-corrected chi connectivity index (χ4v) is 5.20. The van der Waals surface area contributed by atoms with Crippen LogP contribution in [0, 0.1) is 0 Å². The average molecular weight is 313 g/mol. The maximum Gasteiger partial charge on any atom is 0.324 e. The summed E-state index contributed by atoms with van der Waals surface area (Å²) in [5.74, 6) is -1.51. The number of hydrogen-bond acceptors (Lipinski definition) is 6. The van der Waals surface area contributed by atoms with Gasteiger partial charge >= 0.3 is 5.97 Å². The summed E-state index contributed by atoms with van der Waals surface area (Å²) in [7, 11) is -7.11. The Kier molecular flexibility index (Phi) is 5.34. The van der Waals surface area contributed by atoms with Gasteiger partial charge in [-0.2, -0.15) is 4.31 Å². The van der Waals surface area contributed by atoms with E-state index in [1.54, 1.807) is 6.92 Å². The first-order valence-electron chi connectivity index (χ1n) is 6.01. The molecule has 1 unspecified atom stereocenters. The highest BCUT2D eigenvalue weighted by atomic mass is 32.2. The second-order valence-electron chi connectivity index (χ2n) is 4.47. The van der Waals surface area contributed by atoms with Crippen LogP contribution in [0.3, 0.4) is 0 Å². The lowest BCUT2D eigenvalue weighted by atomic mass is 10.2. The van der Waals surface area contributed by atoms with Gasteiger partial charge in [-0.25, -0.2) is 16.8 Å². The van der Waals surface area contributed by atoms with Crippen molar-refractivity contribution in [2.45, 2.75) is 25.8 Å². The average Bonchev–Trinajstić information content (AvgIpc) is 2.75. The maximum atomic E-state index is 12.1. The Balaban J connectivity index is 2.79. The summed E-state index contributed by atoms with van der Waals surface area (Å²) in [6.45, 7) is 2.07. The molecule has 1 rings (SSSR count). The molecule has 1 fully saturated rings. The number of esters is 1. The number of nitrogens with zero attached hydrogens (tertiary/aromatic N) is 1. The van der Waals surface area contributed by atoms with E-state index in [9.17, 15) is 21.6 Å². The molecule has 0 aromatic heterocycles. The third kappa shape index (κ3) is 4.73. The molecular weight excluding hydrogens is 294 g/mol. The van der Waals surface area contributed by atoms with E-state index in [-0.39, 0.29) is 13.2 Å². The third-order valence-electron chi connectivity index (χ3n) is 2.83. The summed E-state index contributed by atoms with van der Waals surface area (Å²) < 4.78 is 52.1. The Morgan fingerprint density at radius 1 is 1.26 bits per heavy atom. The van der Waals surface area contributed by atoms with Gasteiger partial charge in [-0.15, -0.1) is 0 Å². The molecule has 0 radical (unpaired) electrons. The maximum absolute atomic E-state index is 12.1. The molecule has 0 bridgehead atoms. The summed E-state index contributed by atoms with van der Waals surface area (Å²) in [6, 6.07) is -0.815. The van der Waals surface area contributed by atoms with Crippen molar-refractivity contribution in [1.29, 1.82) is 0 Å². The molecule has 0 aliphatic carbocycles. The molecule has 0 saturated carbocycles. The molecule has 0 spiro atoms. The zero-order valence-electron chi connectivity index (χ0n) is 11.0. The van der Waals surface area contributed by atoms with E-state index in [0.717, 1.165) is 10.6 Å². The number of hydrogen-bond donors (Lipinski definition) is 0. The van der Waals surface area contributed by atoms with Crippen LogP contribution < -0.4 is 0 Å². The van der Waals surface area contributed by atoms with Gasteiger partial charge in [0.15, 0.2) is 0 Å². The minimum absolute atomic E-state index is 0.187. The summed E-state index contributed by atoms with van der Waals surface area (Å²) in [4.78, 5) is 11.7. The second kappa shape index (κ2) is 6.19. The van der Waals surface area contributed by atoms with Crippen molar-refractivity contribution in [3.8, 4) is 0 Å². The van der Waals surface area contributed by atoms with Crippen molar-refractivity contribution in [3.05, 3.63) is 0 Å². The predicted octanol–water partition coefficient (Wildman–Crippen LogP) is -0.612. The van der Waals surface area contributed by atoms with Crippen molar-refractivity contribution in [2.24, 2.45) is 0 Å². The lowest BCUT2D eigenvalue weighted by Gasteiger charge is -2.22. The molecule has 1 saturated heterocycles. The van der Waals surface area contributed by atoms with Crippen LogP contribution in [0.5, 0.6) is 0 Å². The highest BCUT2D eigenvalue weighted by Gasteiger charge is 2.39. The molecule has 0 N–H and O–H groups in total. The normalized spacial score (nSPS) is 21.5. The van der Waals surface area contributed by atoms with E-state index < -0.39 is 43.4 Å². The van der Waals surface area contributed by atoms with Crippen molar-refractivity contribution in [2.75, 3.05) is 30.9 Å². The van der Waals surface area contributed by atoms with Crippen LogP contribution in [-0.2, 0) is 29.4 Å². The summed E-state index contributed by atoms with van der Waals surface area (Å²) in [6.07, 6.45) is 1.97. The quantitative estimate of drug-likeness (QED) is 0.607. The molecular formula is C10H19NO6S2. The van der Waals surface area contributed by atoms with Crippen LogP contribution >= 0.6 is 0 Å². The van der Waals surface area contributed by atoms with E-state index in [4.69, 9.17) is 4.74 Å². The van der Waals surface area contributed by atoms with Crippen LogP contribution in [0.4, 0.5) is 0 Å². The number of sulfonamides is 1. The van der Waals surface area contributed by atoms with Gasteiger partial charge in [0.2, 0.25) is 10.0 Å². The molecule has 0 amide bonds. The first kappa shape index (κ1) is 16.4. The van der Waals surface area contributed by atoms with Crippen molar-refractivity contribution < 1.29 is 26.4 Å². The fraction of sp³-hybridized carbons (Fsp3) is 0.900. The first-order chi connectivity index (χ1) is 8.67. The summed E-state index contributed by atoms with van der Waals surface area (Å²) in [5, 5.41) is 0. The van der Waals surface area contributed by atoms with E-state index >= 15 is 0 Å². The number of ether oxygens (including phenoxy) is 1. The minimum atomic E-state index is -3.75. The van der Waals surface area contributed by atoms with Gasteiger partial charge in [0.25, 0.3) is 0 Å². The Morgan fingerprint density at radius 2 is 1.89 bits per heavy atom. The van der Waals surface area contributed by atoms with Crippen molar-refractivity contribution in [1.82, 2.24) is 4.31 Å². The largest absolute Gasteiger partial charge is 0.465 e. The molecule has 112 valence electrons. The minimum Gasteiger partial charge on any atom is -0.465 e. The summed E-state index contributed by atoms with van der Waals surface area (Å²) >= 11 is 0. The van der Waals surface area contributed by atoms with E-state index in [2.05, 4.69) is 0 Å². The van der Waals surface area contributed by atoms with Gasteiger partial charge in [0.1, 0.15) is 15.9 Å². The highest BCUT2D eigenvalue weighted by molar-refractivity contribution is 7.93.